The van der Waals surface area contributed by atoms with Crippen LogP contribution in [0.2, 0.25) is 0 Å². The molecule has 0 spiro atoms. The number of hydrogen-bond donors (Lipinski definition) is 3. The highest BCUT2D eigenvalue weighted by atomic mass is 32.2. The standard InChI is InChI=1S/C37H41F2N5O8S/c1-8-52-34(47)30(18-11-23-9-14-25(15-10-23)44-33(46)21(2)22(3)43(7)36(44)49)41-32(45)27-19-29(39)31(20-28(27)38)42-53(50,51)26-16-12-24(13-17-26)40-35(48)37(4,5)6/h9-10,12-17,19-20,30,42H,8,11,18H2,1-7H3,(H,40,48)(H,41,45)/t30-/m0/s1. The monoisotopic (exact) mass is 753 g/mol. The predicted molar refractivity (Wildman–Crippen MR) is 195 cm³/mol. The molecule has 0 bridgehead atoms. The fourth-order valence-corrected chi connectivity index (χ4v) is 6.13. The summed E-state index contributed by atoms with van der Waals surface area (Å²) in [6.45, 7) is 9.96. The highest BCUT2D eigenvalue weighted by Gasteiger charge is 2.27. The lowest BCUT2D eigenvalue weighted by atomic mass is 9.95. The molecule has 1 atom stereocenters. The third-order valence-electron chi connectivity index (χ3n) is 8.49. The van der Waals surface area contributed by atoms with Crippen molar-refractivity contribution >= 4 is 39.2 Å². The van der Waals surface area contributed by atoms with Gasteiger partial charge in [-0.15, -0.1) is 0 Å². The van der Waals surface area contributed by atoms with Gasteiger partial charge in [-0.25, -0.2) is 31.4 Å². The molecule has 0 aliphatic rings. The molecule has 1 heterocycles. The van der Waals surface area contributed by atoms with Gasteiger partial charge in [-0.05, 0) is 81.6 Å². The van der Waals surface area contributed by atoms with Gasteiger partial charge in [0, 0.05) is 35.5 Å². The number of halogens is 2. The first-order chi connectivity index (χ1) is 24.7. The Labute approximate surface area is 305 Å². The van der Waals surface area contributed by atoms with Crippen molar-refractivity contribution in [3.8, 4) is 5.69 Å². The van der Waals surface area contributed by atoms with Gasteiger partial charge in [0.1, 0.15) is 17.7 Å². The molecule has 3 N–H and O–H groups in total. The molecule has 13 nitrogen and oxygen atoms in total. The molecule has 0 fully saturated rings. The zero-order valence-corrected chi connectivity index (χ0v) is 31.1. The molecule has 2 amide bonds. The highest BCUT2D eigenvalue weighted by Crippen LogP contribution is 2.25. The van der Waals surface area contributed by atoms with E-state index in [0.717, 1.165) is 4.57 Å². The van der Waals surface area contributed by atoms with Crippen LogP contribution in [0, 0.1) is 30.9 Å². The SMILES string of the molecule is CCOC(=O)[C@H](CCc1ccc(-n2c(=O)c(C)c(C)n(C)c2=O)cc1)NC(=O)c1cc(F)c(NS(=O)(=O)c2ccc(NC(=O)C(C)(C)C)cc2)cc1F. The van der Waals surface area contributed by atoms with Gasteiger partial charge < -0.3 is 19.9 Å². The Bertz CT molecular complexity index is 2240. The van der Waals surface area contributed by atoms with Gasteiger partial charge in [-0.2, -0.15) is 0 Å². The van der Waals surface area contributed by atoms with E-state index in [4.69, 9.17) is 4.74 Å². The van der Waals surface area contributed by atoms with Crippen molar-refractivity contribution in [2.45, 2.75) is 65.3 Å². The van der Waals surface area contributed by atoms with Gasteiger partial charge in [0.15, 0.2) is 0 Å². The van der Waals surface area contributed by atoms with Gasteiger partial charge in [0.2, 0.25) is 5.91 Å². The van der Waals surface area contributed by atoms with E-state index in [-0.39, 0.29) is 30.3 Å². The number of esters is 1. The number of ether oxygens (including phenoxy) is 1. The summed E-state index contributed by atoms with van der Waals surface area (Å²) in [6.07, 6.45) is 0.182. The maximum Gasteiger partial charge on any atom is 0.335 e. The second-order valence-corrected chi connectivity index (χ2v) is 15.0. The molecule has 4 rings (SSSR count). The first-order valence-corrected chi connectivity index (χ1v) is 18.0. The van der Waals surface area contributed by atoms with Crippen LogP contribution >= 0.6 is 0 Å². The summed E-state index contributed by atoms with van der Waals surface area (Å²) in [7, 11) is -2.86. The Morgan fingerprint density at radius 2 is 1.55 bits per heavy atom. The summed E-state index contributed by atoms with van der Waals surface area (Å²) >= 11 is 0. The van der Waals surface area contributed by atoms with Gasteiger partial charge in [0.05, 0.1) is 28.4 Å². The number of rotatable bonds is 12. The van der Waals surface area contributed by atoms with Crippen LogP contribution in [0.4, 0.5) is 20.2 Å². The molecular weight excluding hydrogens is 712 g/mol. The smallest absolute Gasteiger partial charge is 0.335 e. The molecule has 1 aromatic heterocycles. The predicted octanol–water partition coefficient (Wildman–Crippen LogP) is 4.51. The maximum atomic E-state index is 15.2. The number of nitrogens with one attached hydrogen (secondary N) is 3. The zero-order chi connectivity index (χ0) is 39.4. The van der Waals surface area contributed by atoms with Crippen LogP contribution in [0.1, 0.15) is 61.3 Å². The summed E-state index contributed by atoms with van der Waals surface area (Å²) < 4.78 is 65.8. The topological polar surface area (TPSA) is 175 Å². The third-order valence-corrected chi connectivity index (χ3v) is 9.87. The van der Waals surface area contributed by atoms with Crippen LogP contribution in [0.3, 0.4) is 0 Å². The lowest BCUT2D eigenvalue weighted by Crippen LogP contribution is -2.42. The van der Waals surface area contributed by atoms with Gasteiger partial charge in [0.25, 0.3) is 21.5 Å². The second kappa shape index (κ2) is 15.9. The molecule has 16 heteroatoms. The number of anilines is 2. The highest BCUT2D eigenvalue weighted by molar-refractivity contribution is 7.92. The van der Waals surface area contributed by atoms with E-state index in [1.54, 1.807) is 72.9 Å². The molecule has 3 aromatic carbocycles. The van der Waals surface area contributed by atoms with Crippen LogP contribution in [0.5, 0.6) is 0 Å². The minimum Gasteiger partial charge on any atom is -0.464 e. The normalized spacial score (nSPS) is 12.2. The maximum absolute atomic E-state index is 15.2. The summed E-state index contributed by atoms with van der Waals surface area (Å²) in [6, 6.07) is 11.2. The van der Waals surface area contributed by atoms with Crippen LogP contribution in [-0.2, 0) is 37.8 Å². The van der Waals surface area contributed by atoms with Crippen molar-refractivity contribution in [1.82, 2.24) is 14.5 Å². The van der Waals surface area contributed by atoms with Gasteiger partial charge in [-0.3, -0.25) is 19.1 Å². The number of benzene rings is 3. The van der Waals surface area contributed by atoms with E-state index in [1.165, 1.54) is 28.8 Å². The molecule has 0 aliphatic carbocycles. The molecule has 282 valence electrons. The van der Waals surface area contributed by atoms with Crippen molar-refractivity contribution in [3.63, 3.8) is 0 Å². The fraction of sp³-hybridized carbons (Fsp3) is 0.324. The summed E-state index contributed by atoms with van der Waals surface area (Å²) in [5.74, 6) is -4.80. The van der Waals surface area contributed by atoms with Gasteiger partial charge >= 0.3 is 11.7 Å². The number of carbonyl (C=O) groups excluding carboxylic acids is 3. The van der Waals surface area contributed by atoms with E-state index in [1.807, 2.05) is 4.72 Å². The average Bonchev–Trinajstić information content (AvgIpc) is 3.10. The first kappa shape index (κ1) is 40.1. The number of amides is 2. The van der Waals surface area contributed by atoms with E-state index in [9.17, 15) is 32.4 Å². The number of sulfonamides is 1. The lowest BCUT2D eigenvalue weighted by Gasteiger charge is -2.18. The Morgan fingerprint density at radius 1 is 0.925 bits per heavy atom. The molecule has 0 aliphatic heterocycles. The molecular formula is C37H41F2N5O8S. The molecule has 53 heavy (non-hydrogen) atoms. The largest absolute Gasteiger partial charge is 0.464 e. The molecule has 0 unspecified atom stereocenters. The van der Waals surface area contributed by atoms with Crippen LogP contribution in [0.25, 0.3) is 5.69 Å². The van der Waals surface area contributed by atoms with Crippen molar-refractivity contribution in [3.05, 3.63) is 116 Å². The van der Waals surface area contributed by atoms with Crippen molar-refractivity contribution in [1.29, 1.82) is 0 Å². The molecule has 0 saturated heterocycles. The number of aryl methyl sites for hydroxylation is 1. The van der Waals surface area contributed by atoms with Crippen molar-refractivity contribution in [2.24, 2.45) is 12.5 Å². The second-order valence-electron chi connectivity index (χ2n) is 13.3. The minimum absolute atomic E-state index is 0.0179. The van der Waals surface area contributed by atoms with E-state index in [2.05, 4.69) is 10.6 Å². The van der Waals surface area contributed by atoms with Crippen LogP contribution in [0.15, 0.2) is 75.1 Å². The van der Waals surface area contributed by atoms with E-state index < -0.39 is 67.5 Å². The molecule has 0 saturated carbocycles. The lowest BCUT2D eigenvalue weighted by molar-refractivity contribution is -0.145. The van der Waals surface area contributed by atoms with Gasteiger partial charge in [-0.1, -0.05) is 32.9 Å². The fourth-order valence-electron chi connectivity index (χ4n) is 5.07. The minimum atomic E-state index is -4.42. The van der Waals surface area contributed by atoms with Crippen LogP contribution in [-0.4, -0.2) is 48.0 Å². The number of nitrogens with zero attached hydrogens (tertiary/aromatic N) is 2. The molecule has 4 aromatic rings. The quantitative estimate of drug-likeness (QED) is 0.177. The zero-order valence-electron chi connectivity index (χ0n) is 30.3. The first-order valence-electron chi connectivity index (χ1n) is 16.5. The van der Waals surface area contributed by atoms with Crippen molar-refractivity contribution in [2.75, 3.05) is 16.6 Å². The number of hydrogen-bond acceptors (Lipinski definition) is 8. The van der Waals surface area contributed by atoms with E-state index in [0.29, 0.717) is 40.3 Å². The Kier molecular flexibility index (Phi) is 12.1. The summed E-state index contributed by atoms with van der Waals surface area (Å²) in [4.78, 5) is 63.5. The Balaban J connectivity index is 1.48. The summed E-state index contributed by atoms with van der Waals surface area (Å²) in [5.41, 5.74) is -0.918. The Hall–Kier alpha value is -5.64. The Morgan fingerprint density at radius 3 is 2.13 bits per heavy atom. The number of carbonyl (C=O) groups is 3. The van der Waals surface area contributed by atoms with E-state index >= 15 is 8.78 Å². The number of aromatic nitrogens is 2. The van der Waals surface area contributed by atoms with Crippen molar-refractivity contribution < 1.29 is 36.3 Å². The third kappa shape index (κ3) is 9.24. The molecule has 0 radical (unpaired) electrons. The van der Waals surface area contributed by atoms with Crippen LogP contribution < -0.4 is 26.6 Å². The summed E-state index contributed by atoms with van der Waals surface area (Å²) in [5, 5.41) is 5.02. The average molecular weight is 754 g/mol.